The summed E-state index contributed by atoms with van der Waals surface area (Å²) in [6, 6.07) is 6.27. The number of aliphatic imine (C=N–C) groups is 1. The van der Waals surface area contributed by atoms with Crippen LogP contribution < -0.4 is 9.47 Å². The van der Waals surface area contributed by atoms with E-state index in [9.17, 15) is 0 Å². The van der Waals surface area contributed by atoms with Gasteiger partial charge in [0.2, 0.25) is 0 Å². The summed E-state index contributed by atoms with van der Waals surface area (Å²) >= 11 is 0. The zero-order valence-electron chi connectivity index (χ0n) is 11.3. The number of methoxy groups -OCH3 is 2. The van der Waals surface area contributed by atoms with Crippen molar-refractivity contribution in [2.75, 3.05) is 14.2 Å². The number of hydrogen-bond donors (Lipinski definition) is 0. The van der Waals surface area contributed by atoms with Crippen molar-refractivity contribution < 1.29 is 9.47 Å². The Labute approximate surface area is 119 Å². The smallest absolute Gasteiger partial charge is 0.161 e. The first-order chi connectivity index (χ1) is 8.69. The fourth-order valence-corrected chi connectivity index (χ4v) is 2.27. The quantitative estimate of drug-likeness (QED) is 0.855. The standard InChI is InChI=1S/C14H16N2O2.ClH/c1-9-6-10-7-13(17-2)14(18-3)8-11(10)12(16-9)4-5-15;/h7-9H,4,6H2,1-3H3;1H. The Bertz CT molecular complexity index is 535. The third kappa shape index (κ3) is 2.99. The van der Waals surface area contributed by atoms with Crippen LogP contribution in [0.5, 0.6) is 11.5 Å². The van der Waals surface area contributed by atoms with Crippen molar-refractivity contribution in [2.45, 2.75) is 25.8 Å². The van der Waals surface area contributed by atoms with Crippen LogP contribution in [0, 0.1) is 11.3 Å². The van der Waals surface area contributed by atoms with Crippen molar-refractivity contribution in [3.8, 4) is 17.6 Å². The molecule has 0 bridgehead atoms. The van der Waals surface area contributed by atoms with E-state index in [0.29, 0.717) is 12.2 Å². The lowest BCUT2D eigenvalue weighted by molar-refractivity contribution is 0.354. The molecule has 0 fully saturated rings. The van der Waals surface area contributed by atoms with Crippen molar-refractivity contribution in [2.24, 2.45) is 4.99 Å². The first-order valence-electron chi connectivity index (χ1n) is 5.88. The van der Waals surface area contributed by atoms with Crippen molar-refractivity contribution in [3.05, 3.63) is 23.3 Å². The zero-order valence-corrected chi connectivity index (χ0v) is 12.1. The van der Waals surface area contributed by atoms with Crippen molar-refractivity contribution >= 4 is 18.1 Å². The molecule has 0 radical (unpaired) electrons. The third-order valence-electron chi connectivity index (χ3n) is 3.06. The van der Waals surface area contributed by atoms with Crippen LogP contribution in [-0.4, -0.2) is 26.0 Å². The molecule has 1 aliphatic heterocycles. The average molecular weight is 281 g/mol. The van der Waals surface area contributed by atoms with Gasteiger partial charge in [-0.05, 0) is 31.0 Å². The molecule has 0 amide bonds. The van der Waals surface area contributed by atoms with Gasteiger partial charge in [-0.3, -0.25) is 4.99 Å². The predicted octanol–water partition coefficient (Wildman–Crippen LogP) is 2.77. The Morgan fingerprint density at radius 2 is 1.95 bits per heavy atom. The average Bonchev–Trinajstić information content (AvgIpc) is 2.37. The summed E-state index contributed by atoms with van der Waals surface area (Å²) in [5, 5.41) is 8.87. The molecular weight excluding hydrogens is 264 g/mol. The molecule has 4 nitrogen and oxygen atoms in total. The Hall–Kier alpha value is -1.73. The van der Waals surface area contributed by atoms with Crippen LogP contribution in [0.15, 0.2) is 17.1 Å². The van der Waals surface area contributed by atoms with E-state index in [1.54, 1.807) is 14.2 Å². The van der Waals surface area contributed by atoms with Crippen LogP contribution in [0.25, 0.3) is 0 Å². The highest BCUT2D eigenvalue weighted by molar-refractivity contribution is 6.04. The van der Waals surface area contributed by atoms with E-state index in [4.69, 9.17) is 14.7 Å². The van der Waals surface area contributed by atoms with Gasteiger partial charge in [-0.2, -0.15) is 5.26 Å². The highest BCUT2D eigenvalue weighted by atomic mass is 35.5. The molecule has 0 saturated heterocycles. The number of halogens is 1. The zero-order chi connectivity index (χ0) is 13.1. The van der Waals surface area contributed by atoms with E-state index in [-0.39, 0.29) is 18.4 Å². The van der Waals surface area contributed by atoms with Gasteiger partial charge in [0.05, 0.1) is 38.5 Å². The third-order valence-corrected chi connectivity index (χ3v) is 3.06. The monoisotopic (exact) mass is 280 g/mol. The van der Waals surface area contributed by atoms with Crippen LogP contribution >= 0.6 is 12.4 Å². The fraction of sp³-hybridized carbons (Fsp3) is 0.429. The summed E-state index contributed by atoms with van der Waals surface area (Å²) in [6.45, 7) is 2.05. The number of rotatable bonds is 3. The highest BCUT2D eigenvalue weighted by Crippen LogP contribution is 2.33. The van der Waals surface area contributed by atoms with Gasteiger partial charge < -0.3 is 9.47 Å². The van der Waals surface area contributed by atoms with Crippen LogP contribution in [0.1, 0.15) is 24.5 Å². The van der Waals surface area contributed by atoms with Crippen molar-refractivity contribution in [1.82, 2.24) is 0 Å². The van der Waals surface area contributed by atoms with Crippen LogP contribution in [0.2, 0.25) is 0 Å². The molecule has 0 saturated carbocycles. The number of fused-ring (bicyclic) bond motifs is 1. The molecule has 102 valence electrons. The minimum absolute atomic E-state index is 0. The SMILES string of the molecule is COc1cc2c(cc1OC)C(CC#N)=NC(C)C2.Cl. The fourth-order valence-electron chi connectivity index (χ4n) is 2.27. The van der Waals surface area contributed by atoms with Gasteiger partial charge in [-0.25, -0.2) is 0 Å². The van der Waals surface area contributed by atoms with Gasteiger partial charge in [-0.1, -0.05) is 0 Å². The lowest BCUT2D eigenvalue weighted by atomic mass is 9.92. The van der Waals surface area contributed by atoms with Gasteiger partial charge in [0, 0.05) is 5.56 Å². The molecule has 1 atom stereocenters. The van der Waals surface area contributed by atoms with E-state index >= 15 is 0 Å². The van der Waals surface area contributed by atoms with E-state index in [1.165, 1.54) is 5.56 Å². The molecule has 1 unspecified atom stereocenters. The van der Waals surface area contributed by atoms with E-state index < -0.39 is 0 Å². The summed E-state index contributed by atoms with van der Waals surface area (Å²) in [5.41, 5.74) is 3.01. The first-order valence-corrected chi connectivity index (χ1v) is 5.88. The second-order valence-electron chi connectivity index (χ2n) is 4.33. The van der Waals surface area contributed by atoms with Crippen LogP contribution in [0.4, 0.5) is 0 Å². The van der Waals surface area contributed by atoms with Gasteiger partial charge >= 0.3 is 0 Å². The number of ether oxygens (including phenoxy) is 2. The van der Waals surface area contributed by atoms with Crippen LogP contribution in [-0.2, 0) is 6.42 Å². The van der Waals surface area contributed by atoms with Gasteiger partial charge in [0.1, 0.15) is 0 Å². The summed E-state index contributed by atoms with van der Waals surface area (Å²) in [7, 11) is 3.23. The molecule has 5 heteroatoms. The van der Waals surface area contributed by atoms with Gasteiger partial charge in [-0.15, -0.1) is 12.4 Å². The topological polar surface area (TPSA) is 54.6 Å². The molecule has 1 aromatic rings. The highest BCUT2D eigenvalue weighted by Gasteiger charge is 2.21. The molecule has 2 rings (SSSR count). The van der Waals surface area contributed by atoms with E-state index in [0.717, 1.165) is 23.4 Å². The summed E-state index contributed by atoms with van der Waals surface area (Å²) in [5.74, 6) is 1.40. The van der Waals surface area contributed by atoms with Gasteiger partial charge in [0.15, 0.2) is 11.5 Å². The van der Waals surface area contributed by atoms with E-state index in [1.807, 2.05) is 12.1 Å². The Morgan fingerprint density at radius 3 is 2.53 bits per heavy atom. The van der Waals surface area contributed by atoms with Crippen molar-refractivity contribution in [1.29, 1.82) is 5.26 Å². The summed E-state index contributed by atoms with van der Waals surface area (Å²) in [6.07, 6.45) is 1.19. The Balaban J connectivity index is 0.00000180. The Kier molecular flexibility index (Phi) is 5.20. The first kappa shape index (κ1) is 15.3. The minimum Gasteiger partial charge on any atom is -0.493 e. The molecule has 0 aromatic heterocycles. The number of benzene rings is 1. The molecule has 19 heavy (non-hydrogen) atoms. The lowest BCUT2D eigenvalue weighted by Crippen LogP contribution is -2.18. The largest absolute Gasteiger partial charge is 0.493 e. The second-order valence-corrected chi connectivity index (χ2v) is 4.33. The maximum atomic E-state index is 8.87. The number of hydrogen-bond acceptors (Lipinski definition) is 4. The van der Waals surface area contributed by atoms with Gasteiger partial charge in [0.25, 0.3) is 0 Å². The second kappa shape index (κ2) is 6.44. The Morgan fingerprint density at radius 1 is 1.32 bits per heavy atom. The maximum Gasteiger partial charge on any atom is 0.161 e. The summed E-state index contributed by atoms with van der Waals surface area (Å²) < 4.78 is 10.6. The molecular formula is C14H17ClN2O2. The predicted molar refractivity (Wildman–Crippen MR) is 76.7 cm³/mol. The molecule has 1 aliphatic rings. The molecule has 0 aliphatic carbocycles. The maximum absolute atomic E-state index is 8.87. The lowest BCUT2D eigenvalue weighted by Gasteiger charge is -2.22. The minimum atomic E-state index is 0. The number of nitrogens with zero attached hydrogens (tertiary/aromatic N) is 2. The van der Waals surface area contributed by atoms with Crippen LogP contribution in [0.3, 0.4) is 0 Å². The normalized spacial score (nSPS) is 16.5. The molecule has 0 spiro atoms. The summed E-state index contributed by atoms with van der Waals surface area (Å²) in [4.78, 5) is 4.54. The van der Waals surface area contributed by atoms with E-state index in [2.05, 4.69) is 18.0 Å². The number of nitriles is 1. The van der Waals surface area contributed by atoms with Crippen molar-refractivity contribution in [3.63, 3.8) is 0 Å². The molecule has 1 heterocycles. The molecule has 0 N–H and O–H groups in total. The molecule has 1 aromatic carbocycles.